The zero-order chi connectivity index (χ0) is 48.9. The van der Waals surface area contributed by atoms with Crippen molar-refractivity contribution in [1.82, 2.24) is 20.9 Å². The number of likely N-dealkylation sites (N-methyl/N-ethyl adjacent to an activating group) is 1. The van der Waals surface area contributed by atoms with Gasteiger partial charge in [0.05, 0.1) is 19.2 Å². The van der Waals surface area contributed by atoms with E-state index in [2.05, 4.69) is 29.8 Å². The number of unbranched alkanes of at least 4 members (excludes halogenated alkanes) is 26. The Hall–Kier alpha value is -2.91. The monoisotopic (exact) mass is 956 g/mol. The van der Waals surface area contributed by atoms with Gasteiger partial charge in [-0.3, -0.25) is 33.7 Å². The van der Waals surface area contributed by atoms with Gasteiger partial charge < -0.3 is 36.3 Å². The Morgan fingerprint density at radius 3 is 1.45 bits per heavy atom. The third kappa shape index (κ3) is 40.2. The molecule has 0 fully saturated rings. The number of nitrogens with zero attached hydrogens (tertiary/aromatic N) is 1. The molecule has 0 aliphatic rings. The van der Waals surface area contributed by atoms with Gasteiger partial charge >= 0.3 is 11.9 Å². The molecule has 0 radical (unpaired) electrons. The minimum absolute atomic E-state index is 0.0529. The minimum atomic E-state index is -1.15. The summed E-state index contributed by atoms with van der Waals surface area (Å²) in [6, 6.07) is -1.82. The van der Waals surface area contributed by atoms with Crippen LogP contribution in [0.3, 0.4) is 0 Å². The van der Waals surface area contributed by atoms with E-state index in [1.165, 1.54) is 140 Å². The average molecular weight is 956 g/mol. The summed E-state index contributed by atoms with van der Waals surface area (Å²) in [7, 11) is 3.50. The Balaban J connectivity index is 4.92. The maximum absolute atomic E-state index is 13.4. The first kappa shape index (κ1) is 63.1. The number of aliphatic hydroxyl groups is 1. The fourth-order valence-electron chi connectivity index (χ4n) is 7.62. The van der Waals surface area contributed by atoms with E-state index < -0.39 is 42.5 Å². The van der Waals surface area contributed by atoms with Crippen LogP contribution < -0.4 is 21.7 Å². The lowest BCUT2D eigenvalue weighted by molar-refractivity contribution is -0.157. The first-order chi connectivity index (χ1) is 31.9. The summed E-state index contributed by atoms with van der Waals surface area (Å²) in [5, 5.41) is 17.8. The normalized spacial score (nSPS) is 12.6. The lowest BCUT2D eigenvalue weighted by Gasteiger charge is -2.26. The highest BCUT2D eigenvalue weighted by molar-refractivity contribution is 7.99. The van der Waals surface area contributed by atoms with Gasteiger partial charge in [0, 0.05) is 37.3 Å². The highest BCUT2D eigenvalue weighted by Crippen LogP contribution is 2.17. The molecular weight excluding hydrogens is 859 g/mol. The molecule has 0 rings (SSSR count). The van der Waals surface area contributed by atoms with Gasteiger partial charge in [-0.2, -0.15) is 11.8 Å². The highest BCUT2D eigenvalue weighted by Gasteiger charge is 2.27. The fraction of sp³-hybridized carbons (Fsp3) is 0.882. The number of carbonyl (C=O) groups is 6. The van der Waals surface area contributed by atoms with E-state index in [9.17, 15) is 33.9 Å². The van der Waals surface area contributed by atoms with E-state index >= 15 is 0 Å². The lowest BCUT2D eigenvalue weighted by Crippen LogP contribution is -2.54. The van der Waals surface area contributed by atoms with Gasteiger partial charge in [-0.05, 0) is 39.8 Å². The predicted molar refractivity (Wildman–Crippen MR) is 269 cm³/mol. The SMILES string of the molecule is CCCCCCCCCCCCCCCC(=O)OCC(CSCC(C(=O)NC(CO)C(=O)NCCCCCC(=O)NCC(N)=O)N(C)C)OC(=O)CCCCCCCCCCCCCCC. The van der Waals surface area contributed by atoms with Crippen molar-refractivity contribution in [3.8, 4) is 0 Å². The zero-order valence-corrected chi connectivity index (χ0v) is 43.1. The number of rotatable bonds is 48. The topological polar surface area (TPSA) is 206 Å². The van der Waals surface area contributed by atoms with Crippen LogP contribution in [-0.4, -0.2) is 116 Å². The molecule has 6 N–H and O–H groups in total. The second-order valence-electron chi connectivity index (χ2n) is 18.4. The van der Waals surface area contributed by atoms with Gasteiger partial charge in [0.15, 0.2) is 0 Å². The van der Waals surface area contributed by atoms with E-state index in [0.29, 0.717) is 50.2 Å². The molecule has 0 bridgehead atoms. The largest absolute Gasteiger partial charge is 0.462 e. The Morgan fingerprint density at radius 1 is 0.561 bits per heavy atom. The Labute approximate surface area is 405 Å². The highest BCUT2D eigenvalue weighted by atomic mass is 32.2. The molecule has 0 saturated carbocycles. The average Bonchev–Trinajstić information content (AvgIpc) is 3.29. The fourth-order valence-corrected chi connectivity index (χ4v) is 8.86. The summed E-state index contributed by atoms with van der Waals surface area (Å²) in [6.07, 6.45) is 33.7. The molecule has 386 valence electrons. The van der Waals surface area contributed by atoms with Crippen LogP contribution >= 0.6 is 11.8 Å². The number of primary amides is 1. The van der Waals surface area contributed by atoms with Gasteiger partial charge in [-0.15, -0.1) is 0 Å². The third-order valence-corrected chi connectivity index (χ3v) is 13.0. The van der Waals surface area contributed by atoms with Crippen LogP contribution in [0.1, 0.15) is 219 Å². The Bertz CT molecular complexity index is 1240. The molecule has 14 nitrogen and oxygen atoms in total. The van der Waals surface area contributed by atoms with Crippen molar-refractivity contribution in [1.29, 1.82) is 0 Å². The van der Waals surface area contributed by atoms with Crippen LogP contribution in [0.25, 0.3) is 0 Å². The number of nitrogens with one attached hydrogen (secondary N) is 3. The maximum Gasteiger partial charge on any atom is 0.306 e. The molecule has 3 unspecified atom stereocenters. The Kier molecular flexibility index (Phi) is 43.8. The van der Waals surface area contributed by atoms with Gasteiger partial charge in [0.1, 0.15) is 18.8 Å². The van der Waals surface area contributed by atoms with Crippen molar-refractivity contribution >= 4 is 47.3 Å². The molecule has 0 aliphatic carbocycles. The summed E-state index contributed by atoms with van der Waals surface area (Å²) in [6.45, 7) is 3.94. The van der Waals surface area contributed by atoms with Crippen LogP contribution in [0.15, 0.2) is 0 Å². The van der Waals surface area contributed by atoms with Crippen molar-refractivity contribution in [3.63, 3.8) is 0 Å². The quantitative estimate of drug-likeness (QED) is 0.0288. The maximum atomic E-state index is 13.4. The number of nitrogens with two attached hydrogens (primary N) is 1. The van der Waals surface area contributed by atoms with E-state index in [0.717, 1.165) is 38.5 Å². The second-order valence-corrected chi connectivity index (χ2v) is 19.5. The molecule has 66 heavy (non-hydrogen) atoms. The number of aliphatic hydroxyl groups excluding tert-OH is 1. The summed E-state index contributed by atoms with van der Waals surface area (Å²) in [5.41, 5.74) is 5.03. The molecule has 15 heteroatoms. The van der Waals surface area contributed by atoms with Crippen LogP contribution in [0.4, 0.5) is 0 Å². The van der Waals surface area contributed by atoms with Gasteiger partial charge in [0.2, 0.25) is 23.6 Å². The first-order valence-corrected chi connectivity index (χ1v) is 27.4. The predicted octanol–water partition coefficient (Wildman–Crippen LogP) is 8.82. The molecule has 4 amide bonds. The number of esters is 2. The van der Waals surface area contributed by atoms with Crippen LogP contribution in [0.2, 0.25) is 0 Å². The van der Waals surface area contributed by atoms with Crippen LogP contribution in [-0.2, 0) is 38.2 Å². The standard InChI is InChI=1S/C51H97N5O9S/c1-5-7-9-11-13-15-17-19-21-23-25-27-31-35-48(60)64-40-43(65-49(61)36-32-28-26-24-22-20-18-16-14-12-10-8-6-2)41-66-42-45(56(3)4)51(63)55-44(39-57)50(62)53-37-33-29-30-34-47(59)54-38-46(52)58/h43-45,57H,5-42H2,1-4H3,(H2,52,58)(H,53,62)(H,54,59)(H,55,63). The number of ether oxygens (including phenoxy) is 2. The number of carbonyl (C=O) groups excluding carboxylic acids is 6. The number of amides is 4. The molecule has 0 aromatic rings. The zero-order valence-electron chi connectivity index (χ0n) is 42.2. The van der Waals surface area contributed by atoms with Gasteiger partial charge in [0.25, 0.3) is 0 Å². The number of hydrogen-bond donors (Lipinski definition) is 5. The lowest BCUT2D eigenvalue weighted by atomic mass is 10.0. The molecule has 0 aromatic carbocycles. The van der Waals surface area contributed by atoms with Crippen LogP contribution in [0.5, 0.6) is 0 Å². The van der Waals surface area contributed by atoms with Gasteiger partial charge in [-0.1, -0.05) is 174 Å². The summed E-state index contributed by atoms with van der Waals surface area (Å²) < 4.78 is 11.5. The van der Waals surface area contributed by atoms with Gasteiger partial charge in [-0.25, -0.2) is 0 Å². The summed E-state index contributed by atoms with van der Waals surface area (Å²) in [5.74, 6) is -1.86. The van der Waals surface area contributed by atoms with Crippen LogP contribution in [0, 0.1) is 0 Å². The minimum Gasteiger partial charge on any atom is -0.462 e. The van der Waals surface area contributed by atoms with Crippen molar-refractivity contribution in [2.45, 2.75) is 238 Å². The molecular formula is C51H97N5O9S. The van der Waals surface area contributed by atoms with E-state index in [4.69, 9.17) is 15.2 Å². The van der Waals surface area contributed by atoms with Crippen molar-refractivity contribution in [3.05, 3.63) is 0 Å². The molecule has 3 atom stereocenters. The molecule has 0 aliphatic heterocycles. The first-order valence-electron chi connectivity index (χ1n) is 26.3. The summed E-state index contributed by atoms with van der Waals surface area (Å²) in [4.78, 5) is 76.2. The summed E-state index contributed by atoms with van der Waals surface area (Å²) >= 11 is 1.39. The van der Waals surface area contributed by atoms with Crippen molar-refractivity contribution in [2.24, 2.45) is 5.73 Å². The van der Waals surface area contributed by atoms with E-state index in [1.54, 1.807) is 19.0 Å². The number of thioether (sulfide) groups is 1. The number of hydrogen-bond acceptors (Lipinski definition) is 11. The smallest absolute Gasteiger partial charge is 0.306 e. The Morgan fingerprint density at radius 2 is 1.00 bits per heavy atom. The molecule has 0 spiro atoms. The molecule has 0 heterocycles. The third-order valence-electron chi connectivity index (χ3n) is 11.9. The van der Waals surface area contributed by atoms with E-state index in [-0.39, 0.29) is 37.4 Å². The van der Waals surface area contributed by atoms with Crippen molar-refractivity contribution in [2.75, 3.05) is 51.9 Å². The molecule has 0 saturated heterocycles. The molecule has 0 aromatic heterocycles. The van der Waals surface area contributed by atoms with E-state index in [1.807, 2.05) is 0 Å². The van der Waals surface area contributed by atoms with Crippen molar-refractivity contribution < 1.29 is 43.3 Å². The second kappa shape index (κ2) is 45.9.